The van der Waals surface area contributed by atoms with Crippen LogP contribution in [0.3, 0.4) is 0 Å². The SMILES string of the molecule is Cc1ccc2nc(Oc3ccccc3)c(C#N)cc2c1. The lowest BCUT2D eigenvalue weighted by molar-refractivity contribution is 0.463. The van der Waals surface area contributed by atoms with Crippen LogP contribution < -0.4 is 4.74 Å². The van der Waals surface area contributed by atoms with E-state index in [1.54, 1.807) is 0 Å². The van der Waals surface area contributed by atoms with Gasteiger partial charge < -0.3 is 4.74 Å². The third kappa shape index (κ3) is 2.32. The highest BCUT2D eigenvalue weighted by atomic mass is 16.5. The first-order valence-corrected chi connectivity index (χ1v) is 6.31. The van der Waals surface area contributed by atoms with Gasteiger partial charge in [-0.3, -0.25) is 0 Å². The Balaban J connectivity index is 2.10. The summed E-state index contributed by atoms with van der Waals surface area (Å²) in [7, 11) is 0. The number of fused-ring (bicyclic) bond motifs is 1. The summed E-state index contributed by atoms with van der Waals surface area (Å²) in [4.78, 5) is 4.44. The molecule has 3 aromatic rings. The summed E-state index contributed by atoms with van der Waals surface area (Å²) < 4.78 is 5.71. The predicted molar refractivity (Wildman–Crippen MR) is 77.7 cm³/mol. The molecular formula is C17H12N2O. The third-order valence-corrected chi connectivity index (χ3v) is 3.01. The van der Waals surface area contributed by atoms with Crippen molar-refractivity contribution in [1.82, 2.24) is 4.98 Å². The lowest BCUT2D eigenvalue weighted by atomic mass is 10.1. The molecule has 1 heterocycles. The zero-order valence-electron chi connectivity index (χ0n) is 11.0. The smallest absolute Gasteiger partial charge is 0.237 e. The number of hydrogen-bond donors (Lipinski definition) is 0. The van der Waals surface area contributed by atoms with Crippen LogP contribution in [0, 0.1) is 18.3 Å². The van der Waals surface area contributed by atoms with Crippen LogP contribution in [-0.2, 0) is 0 Å². The molecule has 0 amide bonds. The molecule has 0 aliphatic carbocycles. The quantitative estimate of drug-likeness (QED) is 0.693. The number of aromatic nitrogens is 1. The van der Waals surface area contributed by atoms with Crippen LogP contribution in [0.15, 0.2) is 54.6 Å². The summed E-state index contributed by atoms with van der Waals surface area (Å²) >= 11 is 0. The van der Waals surface area contributed by atoms with Crippen molar-refractivity contribution in [2.75, 3.05) is 0 Å². The molecule has 96 valence electrons. The van der Waals surface area contributed by atoms with Crippen molar-refractivity contribution in [1.29, 1.82) is 5.26 Å². The number of aryl methyl sites for hydroxylation is 1. The molecule has 0 fully saturated rings. The van der Waals surface area contributed by atoms with Gasteiger partial charge >= 0.3 is 0 Å². The van der Waals surface area contributed by atoms with Gasteiger partial charge in [-0.05, 0) is 37.3 Å². The number of ether oxygens (including phenoxy) is 1. The summed E-state index contributed by atoms with van der Waals surface area (Å²) in [6, 6.07) is 19.2. The molecule has 0 bridgehead atoms. The minimum atomic E-state index is 0.343. The zero-order valence-corrected chi connectivity index (χ0v) is 11.0. The summed E-state index contributed by atoms with van der Waals surface area (Å²) in [6.45, 7) is 2.01. The van der Waals surface area contributed by atoms with E-state index in [0.29, 0.717) is 17.2 Å². The van der Waals surface area contributed by atoms with Crippen molar-refractivity contribution in [3.8, 4) is 17.7 Å². The molecule has 20 heavy (non-hydrogen) atoms. The maximum absolute atomic E-state index is 9.26. The van der Waals surface area contributed by atoms with E-state index in [-0.39, 0.29) is 0 Å². The highest BCUT2D eigenvalue weighted by Crippen LogP contribution is 2.26. The van der Waals surface area contributed by atoms with Gasteiger partial charge in [0.05, 0.1) is 5.52 Å². The Bertz CT molecular complexity index is 804. The average Bonchev–Trinajstić information content (AvgIpc) is 2.48. The van der Waals surface area contributed by atoms with Crippen molar-refractivity contribution in [2.45, 2.75) is 6.92 Å². The Morgan fingerprint density at radius 2 is 1.85 bits per heavy atom. The van der Waals surface area contributed by atoms with Gasteiger partial charge in [-0.2, -0.15) is 5.26 Å². The molecule has 2 aromatic carbocycles. The molecule has 0 saturated carbocycles. The molecule has 3 heteroatoms. The lowest BCUT2D eigenvalue weighted by Gasteiger charge is -2.08. The molecule has 1 aromatic heterocycles. The van der Waals surface area contributed by atoms with Crippen LogP contribution in [0.1, 0.15) is 11.1 Å². The Hall–Kier alpha value is -2.86. The van der Waals surface area contributed by atoms with Gasteiger partial charge in [0.15, 0.2) is 0 Å². The highest BCUT2D eigenvalue weighted by Gasteiger charge is 2.09. The van der Waals surface area contributed by atoms with Crippen LogP contribution in [-0.4, -0.2) is 4.98 Å². The summed E-state index contributed by atoms with van der Waals surface area (Å²) in [5.41, 5.74) is 2.40. The number of hydrogen-bond acceptors (Lipinski definition) is 3. The normalized spacial score (nSPS) is 10.2. The lowest BCUT2D eigenvalue weighted by Crippen LogP contribution is -1.93. The molecular weight excluding hydrogens is 248 g/mol. The van der Waals surface area contributed by atoms with Crippen LogP contribution in [0.25, 0.3) is 10.9 Å². The van der Waals surface area contributed by atoms with Crippen LogP contribution in [0.4, 0.5) is 0 Å². The number of rotatable bonds is 2. The zero-order chi connectivity index (χ0) is 13.9. The second-order valence-corrected chi connectivity index (χ2v) is 4.56. The summed E-state index contributed by atoms with van der Waals surface area (Å²) in [5, 5.41) is 10.2. The molecule has 3 nitrogen and oxygen atoms in total. The number of nitriles is 1. The van der Waals surface area contributed by atoms with Crippen molar-refractivity contribution in [3.63, 3.8) is 0 Å². The van der Waals surface area contributed by atoms with Gasteiger partial charge in [0, 0.05) is 5.39 Å². The van der Waals surface area contributed by atoms with E-state index in [2.05, 4.69) is 11.1 Å². The molecule has 0 radical (unpaired) electrons. The maximum Gasteiger partial charge on any atom is 0.237 e. The van der Waals surface area contributed by atoms with E-state index in [1.165, 1.54) is 0 Å². The monoisotopic (exact) mass is 260 g/mol. The number of pyridine rings is 1. The molecule has 0 spiro atoms. The summed E-state index contributed by atoms with van der Waals surface area (Å²) in [6.07, 6.45) is 0. The Morgan fingerprint density at radius 3 is 2.60 bits per heavy atom. The van der Waals surface area contributed by atoms with Gasteiger partial charge in [-0.25, -0.2) is 4.98 Å². The predicted octanol–water partition coefficient (Wildman–Crippen LogP) is 4.21. The Kier molecular flexibility index (Phi) is 3.06. The van der Waals surface area contributed by atoms with E-state index < -0.39 is 0 Å². The van der Waals surface area contributed by atoms with Crippen molar-refractivity contribution < 1.29 is 4.74 Å². The van der Waals surface area contributed by atoms with Crippen LogP contribution >= 0.6 is 0 Å². The number of benzene rings is 2. The van der Waals surface area contributed by atoms with Gasteiger partial charge in [0.1, 0.15) is 17.4 Å². The van der Waals surface area contributed by atoms with Gasteiger partial charge in [0.25, 0.3) is 0 Å². The second kappa shape index (κ2) is 5.02. The molecule has 0 aliphatic rings. The first-order chi connectivity index (χ1) is 9.76. The van der Waals surface area contributed by atoms with Crippen LogP contribution in [0.5, 0.6) is 11.6 Å². The Labute approximate surface area is 117 Å². The molecule has 0 aliphatic heterocycles. The topological polar surface area (TPSA) is 45.9 Å². The van der Waals surface area contributed by atoms with Gasteiger partial charge in [0.2, 0.25) is 5.88 Å². The first kappa shape index (κ1) is 12.2. The van der Waals surface area contributed by atoms with E-state index in [9.17, 15) is 5.26 Å². The maximum atomic E-state index is 9.26. The molecule has 3 rings (SSSR count). The van der Waals surface area contributed by atoms with E-state index in [4.69, 9.17) is 4.74 Å². The van der Waals surface area contributed by atoms with Crippen molar-refractivity contribution >= 4 is 10.9 Å². The summed E-state index contributed by atoms with van der Waals surface area (Å²) in [5.74, 6) is 1.01. The fourth-order valence-corrected chi connectivity index (χ4v) is 2.04. The standard InChI is InChI=1S/C17H12N2O/c1-12-7-8-16-13(9-12)10-14(11-18)17(19-16)20-15-5-3-2-4-6-15/h2-10H,1H3. The average molecular weight is 260 g/mol. The minimum absolute atomic E-state index is 0.343. The van der Waals surface area contributed by atoms with Crippen molar-refractivity contribution in [2.24, 2.45) is 0 Å². The van der Waals surface area contributed by atoms with E-state index in [1.807, 2.05) is 61.5 Å². The molecule has 0 saturated heterocycles. The largest absolute Gasteiger partial charge is 0.438 e. The molecule has 0 atom stereocenters. The minimum Gasteiger partial charge on any atom is -0.438 e. The second-order valence-electron chi connectivity index (χ2n) is 4.56. The fraction of sp³-hybridized carbons (Fsp3) is 0.0588. The third-order valence-electron chi connectivity index (χ3n) is 3.01. The Morgan fingerprint density at radius 1 is 1.05 bits per heavy atom. The van der Waals surface area contributed by atoms with E-state index >= 15 is 0 Å². The van der Waals surface area contributed by atoms with Crippen molar-refractivity contribution in [3.05, 3.63) is 65.7 Å². The number of nitrogens with zero attached hydrogens (tertiary/aromatic N) is 2. The fourth-order valence-electron chi connectivity index (χ4n) is 2.04. The van der Waals surface area contributed by atoms with Gasteiger partial charge in [-0.15, -0.1) is 0 Å². The first-order valence-electron chi connectivity index (χ1n) is 6.31. The number of para-hydroxylation sites is 1. The molecule has 0 unspecified atom stereocenters. The van der Waals surface area contributed by atoms with Crippen LogP contribution in [0.2, 0.25) is 0 Å². The highest BCUT2D eigenvalue weighted by molar-refractivity contribution is 5.81. The molecule has 0 N–H and O–H groups in total. The van der Waals surface area contributed by atoms with E-state index in [0.717, 1.165) is 16.5 Å². The van der Waals surface area contributed by atoms with Gasteiger partial charge in [-0.1, -0.05) is 29.8 Å².